The number of amides is 1. The first-order chi connectivity index (χ1) is 15.7. The maximum Gasteiger partial charge on any atom is 0.296 e. The molecule has 1 aromatic carbocycles. The molecule has 0 aliphatic carbocycles. The van der Waals surface area contributed by atoms with E-state index in [1.165, 1.54) is 11.7 Å². The molecule has 0 atom stereocenters. The van der Waals surface area contributed by atoms with Gasteiger partial charge in [0.15, 0.2) is 5.69 Å². The highest BCUT2D eigenvalue weighted by Gasteiger charge is 2.30. The lowest BCUT2D eigenvalue weighted by molar-refractivity contribution is 0.00696. The summed E-state index contributed by atoms with van der Waals surface area (Å²) in [5.74, 6) is -1.05. The topological polar surface area (TPSA) is 111 Å². The number of nitrogens with one attached hydrogen (secondary N) is 1. The van der Waals surface area contributed by atoms with Crippen molar-refractivity contribution in [1.29, 1.82) is 0 Å². The van der Waals surface area contributed by atoms with Crippen LogP contribution in [0.25, 0.3) is 11.1 Å². The number of hydrogen-bond acceptors (Lipinski definition) is 6. The summed E-state index contributed by atoms with van der Waals surface area (Å²) in [4.78, 5) is 30.0. The predicted octanol–water partition coefficient (Wildman–Crippen LogP) is 3.05. The number of carbonyl (C=O) groups excluding carboxylic acids is 1. The van der Waals surface area contributed by atoms with Crippen molar-refractivity contribution in [2.24, 2.45) is 0 Å². The monoisotopic (exact) mass is 453 g/mol. The summed E-state index contributed by atoms with van der Waals surface area (Å²) in [5.41, 5.74) is 0.840. The normalized spacial score (nSPS) is 11.5. The number of benzene rings is 1. The lowest BCUT2D eigenvalue weighted by Crippen LogP contribution is -2.36. The van der Waals surface area contributed by atoms with Crippen LogP contribution < -0.4 is 10.9 Å². The third-order valence-corrected chi connectivity index (χ3v) is 5.58. The molecule has 9 nitrogen and oxygen atoms in total. The summed E-state index contributed by atoms with van der Waals surface area (Å²) in [7, 11) is 1.50. The van der Waals surface area contributed by atoms with Crippen molar-refractivity contribution < 1.29 is 14.6 Å². The molecular formula is C24H31N5O4. The van der Waals surface area contributed by atoms with Crippen molar-refractivity contribution in [2.45, 2.75) is 59.4 Å². The van der Waals surface area contributed by atoms with E-state index in [0.29, 0.717) is 0 Å². The fourth-order valence-electron chi connectivity index (χ4n) is 3.62. The molecule has 0 unspecified atom stereocenters. The summed E-state index contributed by atoms with van der Waals surface area (Å²) in [6.45, 7) is 8.64. The van der Waals surface area contributed by atoms with Gasteiger partial charge in [-0.1, -0.05) is 31.2 Å². The highest BCUT2D eigenvalue weighted by molar-refractivity contribution is 5.94. The second-order valence-electron chi connectivity index (χ2n) is 8.23. The minimum atomic E-state index is -0.927. The molecule has 0 spiro atoms. The van der Waals surface area contributed by atoms with Crippen LogP contribution >= 0.6 is 0 Å². The summed E-state index contributed by atoms with van der Waals surface area (Å²) >= 11 is 0. The largest absolute Gasteiger partial charge is 0.501 e. The second kappa shape index (κ2) is 9.99. The Hall–Kier alpha value is -3.46. The molecular weight excluding hydrogens is 422 g/mol. The molecule has 2 heterocycles. The third-order valence-electron chi connectivity index (χ3n) is 5.58. The van der Waals surface area contributed by atoms with Crippen molar-refractivity contribution in [1.82, 2.24) is 24.6 Å². The molecule has 176 valence electrons. The van der Waals surface area contributed by atoms with Gasteiger partial charge in [0.05, 0.1) is 6.20 Å². The first-order valence-corrected chi connectivity index (χ1v) is 11.0. The Morgan fingerprint density at radius 2 is 1.97 bits per heavy atom. The van der Waals surface area contributed by atoms with Gasteiger partial charge in [0, 0.05) is 38.5 Å². The van der Waals surface area contributed by atoms with Gasteiger partial charge in [-0.25, -0.2) is 4.98 Å². The summed E-state index contributed by atoms with van der Waals surface area (Å²) in [6.07, 6.45) is 4.75. The molecule has 9 heteroatoms. The van der Waals surface area contributed by atoms with E-state index in [1.54, 1.807) is 27.0 Å². The molecule has 0 bridgehead atoms. The molecule has 0 saturated carbocycles. The lowest BCUT2D eigenvalue weighted by atomic mass is 10.0. The standard InChI is InChI=1S/C24H31N5O4/c1-6-12-28-15-17(14-26-28)18-11-9-8-10-16(18)13-25-21(31)19-20(30)22(32)29(7-2)23(27-19)24(3,4)33-5/h8-11,14-15,30H,6-7,12-13H2,1-5H3,(H,25,31). The Morgan fingerprint density at radius 1 is 1.24 bits per heavy atom. The van der Waals surface area contributed by atoms with Gasteiger partial charge in [0.2, 0.25) is 5.75 Å². The average molecular weight is 454 g/mol. The highest BCUT2D eigenvalue weighted by Crippen LogP contribution is 2.25. The van der Waals surface area contributed by atoms with Gasteiger partial charge in [-0.05, 0) is 38.3 Å². The van der Waals surface area contributed by atoms with Gasteiger partial charge in [0.1, 0.15) is 11.4 Å². The van der Waals surface area contributed by atoms with Crippen LogP contribution in [0.1, 0.15) is 56.0 Å². The van der Waals surface area contributed by atoms with Crippen LogP contribution in [-0.4, -0.2) is 37.5 Å². The van der Waals surface area contributed by atoms with Gasteiger partial charge in [-0.3, -0.25) is 18.8 Å². The molecule has 0 radical (unpaired) electrons. The predicted molar refractivity (Wildman–Crippen MR) is 125 cm³/mol. The Labute approximate surface area is 193 Å². The van der Waals surface area contributed by atoms with E-state index in [-0.39, 0.29) is 24.6 Å². The number of hydrogen-bond donors (Lipinski definition) is 2. The molecule has 3 rings (SSSR count). The van der Waals surface area contributed by atoms with Crippen LogP contribution in [-0.2, 0) is 30.0 Å². The molecule has 0 aliphatic heterocycles. The van der Waals surface area contributed by atoms with Crippen LogP contribution in [0.4, 0.5) is 0 Å². The van der Waals surface area contributed by atoms with E-state index in [9.17, 15) is 14.7 Å². The maximum absolute atomic E-state index is 13.0. The molecule has 0 fully saturated rings. The molecule has 2 aromatic heterocycles. The number of rotatable bonds is 9. The molecule has 3 aromatic rings. The first kappa shape index (κ1) is 24.2. The van der Waals surface area contributed by atoms with Crippen molar-refractivity contribution in [2.75, 3.05) is 7.11 Å². The minimum absolute atomic E-state index is 0.189. The van der Waals surface area contributed by atoms with Gasteiger partial charge < -0.3 is 15.2 Å². The Kier molecular flexibility index (Phi) is 7.33. The van der Waals surface area contributed by atoms with Crippen LogP contribution in [0, 0.1) is 0 Å². The van der Waals surface area contributed by atoms with Crippen molar-refractivity contribution >= 4 is 5.91 Å². The fourth-order valence-corrected chi connectivity index (χ4v) is 3.62. The van der Waals surface area contributed by atoms with E-state index in [2.05, 4.69) is 22.3 Å². The number of aromatic nitrogens is 4. The molecule has 0 aliphatic rings. The summed E-state index contributed by atoms with van der Waals surface area (Å²) < 4.78 is 8.65. The maximum atomic E-state index is 13.0. The van der Waals surface area contributed by atoms with E-state index in [0.717, 1.165) is 29.7 Å². The average Bonchev–Trinajstić information content (AvgIpc) is 3.27. The van der Waals surface area contributed by atoms with Crippen LogP contribution in [0.2, 0.25) is 0 Å². The Bertz CT molecular complexity index is 1200. The van der Waals surface area contributed by atoms with Gasteiger partial charge in [0.25, 0.3) is 11.5 Å². The van der Waals surface area contributed by atoms with E-state index in [1.807, 2.05) is 35.1 Å². The summed E-state index contributed by atoms with van der Waals surface area (Å²) in [5, 5.41) is 17.6. The van der Waals surface area contributed by atoms with Crippen LogP contribution in [0.3, 0.4) is 0 Å². The number of aromatic hydroxyl groups is 1. The van der Waals surface area contributed by atoms with E-state index >= 15 is 0 Å². The van der Waals surface area contributed by atoms with Gasteiger partial charge in [-0.15, -0.1) is 0 Å². The number of carbonyl (C=O) groups is 1. The van der Waals surface area contributed by atoms with E-state index < -0.39 is 22.8 Å². The van der Waals surface area contributed by atoms with Crippen molar-refractivity contribution in [3.05, 3.63) is 64.1 Å². The Balaban J connectivity index is 1.90. The van der Waals surface area contributed by atoms with E-state index in [4.69, 9.17) is 4.74 Å². The number of nitrogens with zero attached hydrogens (tertiary/aromatic N) is 4. The SMILES string of the molecule is CCCn1cc(-c2ccccc2CNC(=O)c2nc(C(C)(C)OC)n(CC)c(=O)c2O)cn1. The fraction of sp³-hybridized carbons (Fsp3) is 0.417. The second-order valence-corrected chi connectivity index (χ2v) is 8.23. The third kappa shape index (κ3) is 4.98. The zero-order chi connectivity index (χ0) is 24.2. The molecule has 2 N–H and O–H groups in total. The molecule has 0 saturated heterocycles. The smallest absolute Gasteiger partial charge is 0.296 e. The van der Waals surface area contributed by atoms with Crippen molar-refractivity contribution in [3.63, 3.8) is 0 Å². The number of ether oxygens (including phenoxy) is 1. The molecule has 33 heavy (non-hydrogen) atoms. The number of methoxy groups -OCH3 is 1. The Morgan fingerprint density at radius 3 is 2.64 bits per heavy atom. The zero-order valence-corrected chi connectivity index (χ0v) is 19.8. The van der Waals surface area contributed by atoms with Gasteiger partial charge in [-0.2, -0.15) is 5.10 Å². The highest BCUT2D eigenvalue weighted by atomic mass is 16.5. The lowest BCUT2D eigenvalue weighted by Gasteiger charge is -2.26. The minimum Gasteiger partial charge on any atom is -0.501 e. The quantitative estimate of drug-likeness (QED) is 0.515. The zero-order valence-electron chi connectivity index (χ0n) is 19.8. The number of aryl methyl sites for hydroxylation is 1. The van der Waals surface area contributed by atoms with Crippen molar-refractivity contribution in [3.8, 4) is 16.9 Å². The first-order valence-electron chi connectivity index (χ1n) is 11.0. The van der Waals surface area contributed by atoms with Gasteiger partial charge >= 0.3 is 0 Å². The molecule has 1 amide bonds. The summed E-state index contributed by atoms with van der Waals surface area (Å²) in [6, 6.07) is 7.69. The van der Waals surface area contributed by atoms with Crippen LogP contribution in [0.15, 0.2) is 41.5 Å². The van der Waals surface area contributed by atoms with Crippen LogP contribution in [0.5, 0.6) is 5.75 Å².